The van der Waals surface area contributed by atoms with E-state index in [-0.39, 0.29) is 35.9 Å². The molecule has 2 aromatic heterocycles. The maximum Gasteiger partial charge on any atom is 0.226 e. The highest BCUT2D eigenvalue weighted by Gasteiger charge is 2.18. The Morgan fingerprint density at radius 1 is 1.00 bits per heavy atom. The zero-order chi connectivity index (χ0) is 23.5. The van der Waals surface area contributed by atoms with Gasteiger partial charge in [0.25, 0.3) is 0 Å². The number of nitrogens with zero attached hydrogens (tertiary/aromatic N) is 4. The normalized spacial score (nSPS) is 12.7. The second-order valence-electron chi connectivity index (χ2n) is 8.45. The lowest BCUT2D eigenvalue weighted by Gasteiger charge is -2.16. The van der Waals surface area contributed by atoms with E-state index in [2.05, 4.69) is 21.5 Å². The molecule has 168 valence electrons. The molecule has 7 heteroatoms. The minimum Gasteiger partial charge on any atom is -0.309 e. The van der Waals surface area contributed by atoms with Crippen LogP contribution in [0.1, 0.15) is 52.7 Å². The number of aryl methyl sites for hydroxylation is 2. The summed E-state index contributed by atoms with van der Waals surface area (Å²) in [5, 5.41) is 17.5. The minimum absolute atomic E-state index is 0.0110. The van der Waals surface area contributed by atoms with Crippen molar-refractivity contribution in [1.82, 2.24) is 14.8 Å². The first-order valence-corrected chi connectivity index (χ1v) is 11.4. The van der Waals surface area contributed by atoms with E-state index in [1.54, 1.807) is 6.07 Å². The van der Waals surface area contributed by atoms with Crippen LogP contribution in [-0.2, 0) is 17.6 Å². The standard InChI is InChI=1S/C27H23N5O2/c28-16-22-17-29-32(25-13-11-19-6-3-4-8-23(19)30-25)27(22)31-26(34)14-12-24(33)21-10-9-18-5-1-2-7-20(18)15-21/h3-4,6,8-11,13,15,17H,1-2,5,7,12,14H2,(H,31,34). The van der Waals surface area contributed by atoms with Crippen molar-refractivity contribution in [3.63, 3.8) is 0 Å². The lowest BCUT2D eigenvalue weighted by atomic mass is 9.89. The van der Waals surface area contributed by atoms with Crippen LogP contribution in [0.3, 0.4) is 0 Å². The van der Waals surface area contributed by atoms with Gasteiger partial charge in [0.1, 0.15) is 11.6 Å². The molecule has 34 heavy (non-hydrogen) atoms. The molecule has 1 aliphatic rings. The molecule has 0 atom stereocenters. The predicted octanol–water partition coefficient (Wildman–Crippen LogP) is 4.77. The lowest BCUT2D eigenvalue weighted by Crippen LogP contribution is -2.17. The number of ketones is 1. The quantitative estimate of drug-likeness (QED) is 0.427. The van der Waals surface area contributed by atoms with Crippen molar-refractivity contribution in [2.45, 2.75) is 38.5 Å². The molecule has 0 unspecified atom stereocenters. The van der Waals surface area contributed by atoms with Crippen molar-refractivity contribution >= 4 is 28.4 Å². The van der Waals surface area contributed by atoms with Crippen LogP contribution in [0.15, 0.2) is 60.8 Å². The first kappa shape index (κ1) is 21.5. The summed E-state index contributed by atoms with van der Waals surface area (Å²) in [6.07, 6.45) is 5.90. The van der Waals surface area contributed by atoms with Crippen molar-refractivity contribution in [2.75, 3.05) is 5.32 Å². The SMILES string of the molecule is N#Cc1cnn(-c2ccc3ccccc3n2)c1NC(=O)CCC(=O)c1ccc2c(c1)CCCC2. The van der Waals surface area contributed by atoms with E-state index in [4.69, 9.17) is 0 Å². The molecule has 0 bridgehead atoms. The second-order valence-corrected chi connectivity index (χ2v) is 8.45. The number of carbonyl (C=O) groups is 2. The molecule has 5 rings (SSSR count). The third-order valence-electron chi connectivity index (χ3n) is 6.20. The van der Waals surface area contributed by atoms with E-state index in [1.165, 1.54) is 28.4 Å². The molecule has 0 aliphatic heterocycles. The van der Waals surface area contributed by atoms with Gasteiger partial charge in [-0.1, -0.05) is 30.3 Å². The molecule has 1 amide bonds. The minimum atomic E-state index is -0.356. The average Bonchev–Trinajstić information content (AvgIpc) is 3.29. The molecule has 0 saturated carbocycles. The number of benzene rings is 2. The van der Waals surface area contributed by atoms with Gasteiger partial charge < -0.3 is 5.32 Å². The van der Waals surface area contributed by atoms with Gasteiger partial charge in [0.2, 0.25) is 5.91 Å². The molecule has 2 heterocycles. The number of hydrogen-bond acceptors (Lipinski definition) is 5. The Balaban J connectivity index is 1.30. The van der Waals surface area contributed by atoms with Crippen molar-refractivity contribution in [3.8, 4) is 11.9 Å². The number of nitriles is 1. The van der Waals surface area contributed by atoms with E-state index in [0.717, 1.165) is 30.2 Å². The number of carbonyl (C=O) groups excluding carboxylic acids is 2. The first-order chi connectivity index (χ1) is 16.6. The Labute approximate surface area is 197 Å². The fourth-order valence-corrected chi connectivity index (χ4v) is 4.37. The summed E-state index contributed by atoms with van der Waals surface area (Å²) < 4.78 is 1.44. The predicted molar refractivity (Wildman–Crippen MR) is 129 cm³/mol. The summed E-state index contributed by atoms with van der Waals surface area (Å²) in [7, 11) is 0. The van der Waals surface area contributed by atoms with Crippen LogP contribution >= 0.6 is 0 Å². The number of aromatic nitrogens is 3. The molecule has 1 aliphatic carbocycles. The van der Waals surface area contributed by atoms with Crippen molar-refractivity contribution in [3.05, 3.63) is 83.0 Å². The van der Waals surface area contributed by atoms with E-state index < -0.39 is 0 Å². The maximum atomic E-state index is 12.7. The van der Waals surface area contributed by atoms with Crippen molar-refractivity contribution < 1.29 is 9.59 Å². The number of hydrogen-bond donors (Lipinski definition) is 1. The third kappa shape index (κ3) is 4.30. The largest absolute Gasteiger partial charge is 0.309 e. The zero-order valence-electron chi connectivity index (χ0n) is 18.6. The number of fused-ring (bicyclic) bond motifs is 2. The summed E-state index contributed by atoms with van der Waals surface area (Å²) in [4.78, 5) is 30.0. The highest BCUT2D eigenvalue weighted by Crippen LogP contribution is 2.24. The maximum absolute atomic E-state index is 12.7. The van der Waals surface area contributed by atoms with Crippen LogP contribution in [-0.4, -0.2) is 26.5 Å². The molecule has 0 spiro atoms. The monoisotopic (exact) mass is 449 g/mol. The number of para-hydroxylation sites is 1. The Kier molecular flexibility index (Phi) is 5.88. The average molecular weight is 450 g/mol. The van der Waals surface area contributed by atoms with Gasteiger partial charge in [-0.15, -0.1) is 0 Å². The summed E-state index contributed by atoms with van der Waals surface area (Å²) in [6, 6.07) is 19.3. The second kappa shape index (κ2) is 9.28. The molecule has 0 saturated heterocycles. The summed E-state index contributed by atoms with van der Waals surface area (Å²) >= 11 is 0. The molecule has 4 aromatic rings. The molecule has 0 radical (unpaired) electrons. The van der Waals surface area contributed by atoms with Crippen molar-refractivity contribution in [2.24, 2.45) is 0 Å². The lowest BCUT2D eigenvalue weighted by molar-refractivity contribution is -0.116. The van der Waals surface area contributed by atoms with E-state index in [0.29, 0.717) is 11.4 Å². The number of rotatable bonds is 6. The number of anilines is 1. The molecule has 0 fully saturated rings. The van der Waals surface area contributed by atoms with Crippen LogP contribution in [0.4, 0.5) is 5.82 Å². The van der Waals surface area contributed by atoms with Gasteiger partial charge in [-0.05, 0) is 61.1 Å². The molecular formula is C27H23N5O2. The Bertz CT molecular complexity index is 1450. The Morgan fingerprint density at radius 2 is 1.82 bits per heavy atom. The molecule has 2 aromatic carbocycles. The summed E-state index contributed by atoms with van der Waals surface area (Å²) in [5.74, 6) is 0.316. The van der Waals surface area contributed by atoms with Gasteiger partial charge in [-0.2, -0.15) is 15.0 Å². The summed E-state index contributed by atoms with van der Waals surface area (Å²) in [6.45, 7) is 0. The zero-order valence-corrected chi connectivity index (χ0v) is 18.6. The van der Waals surface area contributed by atoms with Crippen LogP contribution in [0.5, 0.6) is 0 Å². The van der Waals surface area contributed by atoms with Crippen LogP contribution in [0.2, 0.25) is 0 Å². The fourth-order valence-electron chi connectivity index (χ4n) is 4.37. The highest BCUT2D eigenvalue weighted by atomic mass is 16.2. The fraction of sp³-hybridized carbons (Fsp3) is 0.222. The smallest absolute Gasteiger partial charge is 0.226 e. The van der Waals surface area contributed by atoms with E-state index in [1.807, 2.05) is 48.5 Å². The van der Waals surface area contributed by atoms with E-state index >= 15 is 0 Å². The Hall–Kier alpha value is -4.31. The Morgan fingerprint density at radius 3 is 2.68 bits per heavy atom. The van der Waals surface area contributed by atoms with Crippen LogP contribution in [0.25, 0.3) is 16.7 Å². The third-order valence-corrected chi connectivity index (χ3v) is 6.20. The van der Waals surface area contributed by atoms with Gasteiger partial charge in [-0.3, -0.25) is 9.59 Å². The molecule has 7 nitrogen and oxygen atoms in total. The highest BCUT2D eigenvalue weighted by molar-refractivity contribution is 6.00. The van der Waals surface area contributed by atoms with Gasteiger partial charge in [-0.25, -0.2) is 4.98 Å². The number of Topliss-reactive ketones (excluding diaryl/α,β-unsaturated/α-hetero) is 1. The van der Waals surface area contributed by atoms with Crippen LogP contribution < -0.4 is 5.32 Å². The number of nitrogens with one attached hydrogen (secondary N) is 1. The number of amides is 1. The van der Waals surface area contributed by atoms with Gasteiger partial charge >= 0.3 is 0 Å². The summed E-state index contributed by atoms with van der Waals surface area (Å²) in [5.41, 5.74) is 4.22. The number of pyridine rings is 1. The van der Waals surface area contributed by atoms with Gasteiger partial charge in [0, 0.05) is 23.8 Å². The van der Waals surface area contributed by atoms with E-state index in [9.17, 15) is 14.9 Å². The van der Waals surface area contributed by atoms with Crippen LogP contribution in [0, 0.1) is 11.3 Å². The van der Waals surface area contributed by atoms with Gasteiger partial charge in [0.15, 0.2) is 17.4 Å². The topological polar surface area (TPSA) is 101 Å². The van der Waals surface area contributed by atoms with Gasteiger partial charge in [0.05, 0.1) is 11.7 Å². The molecule has 1 N–H and O–H groups in total. The first-order valence-electron chi connectivity index (χ1n) is 11.4. The molecular weight excluding hydrogens is 426 g/mol. The van der Waals surface area contributed by atoms with Crippen molar-refractivity contribution in [1.29, 1.82) is 5.26 Å².